The summed E-state index contributed by atoms with van der Waals surface area (Å²) in [5.74, 6) is 1.46. The zero-order valence-corrected chi connectivity index (χ0v) is 15.6. The summed E-state index contributed by atoms with van der Waals surface area (Å²) in [6.07, 6.45) is 3.21. The molecule has 1 aliphatic heterocycles. The van der Waals surface area contributed by atoms with E-state index < -0.39 is 0 Å². The van der Waals surface area contributed by atoms with E-state index in [1.54, 1.807) is 24.6 Å². The Labute approximate surface area is 156 Å². The van der Waals surface area contributed by atoms with E-state index in [4.69, 9.17) is 9.72 Å². The molecule has 26 heavy (non-hydrogen) atoms. The Morgan fingerprint density at radius 2 is 2.35 bits per heavy atom. The molecular weight excluding hydrogens is 348 g/mol. The van der Waals surface area contributed by atoms with Crippen molar-refractivity contribution in [3.8, 4) is 0 Å². The molecule has 6 nitrogen and oxygen atoms in total. The Morgan fingerprint density at radius 3 is 3.15 bits per heavy atom. The van der Waals surface area contributed by atoms with Crippen molar-refractivity contribution in [2.24, 2.45) is 0 Å². The molecule has 0 bridgehead atoms. The van der Waals surface area contributed by atoms with Crippen LogP contribution in [0, 0.1) is 0 Å². The number of rotatable bonds is 6. The van der Waals surface area contributed by atoms with Gasteiger partial charge in [-0.15, -0.1) is 0 Å². The van der Waals surface area contributed by atoms with Gasteiger partial charge in [0.05, 0.1) is 13.0 Å². The van der Waals surface area contributed by atoms with E-state index in [0.29, 0.717) is 13.0 Å². The Hall–Kier alpha value is -2.25. The molecule has 1 fully saturated rings. The van der Waals surface area contributed by atoms with Crippen LogP contribution in [0.2, 0.25) is 0 Å². The van der Waals surface area contributed by atoms with E-state index in [-0.39, 0.29) is 11.8 Å². The second-order valence-electron chi connectivity index (χ2n) is 6.59. The molecule has 1 amide bonds. The first-order chi connectivity index (χ1) is 12.8. The number of amides is 1. The number of thiophene rings is 1. The van der Waals surface area contributed by atoms with Gasteiger partial charge in [-0.1, -0.05) is 0 Å². The van der Waals surface area contributed by atoms with Crippen molar-refractivity contribution in [3.05, 3.63) is 46.5 Å². The fourth-order valence-electron chi connectivity index (χ4n) is 3.57. The maximum atomic E-state index is 12.6. The Bertz CT molecular complexity index is 890. The van der Waals surface area contributed by atoms with Crippen molar-refractivity contribution in [2.75, 3.05) is 26.8 Å². The molecule has 3 aromatic heterocycles. The number of likely N-dealkylation sites (tertiary alicyclic amines) is 1. The van der Waals surface area contributed by atoms with E-state index in [2.05, 4.69) is 9.55 Å². The maximum absolute atomic E-state index is 12.6. The third kappa shape index (κ3) is 3.37. The predicted molar refractivity (Wildman–Crippen MR) is 101 cm³/mol. The number of ether oxygens (including phenoxy) is 1. The highest BCUT2D eigenvalue weighted by atomic mass is 32.1. The molecule has 0 saturated carbocycles. The minimum Gasteiger partial charge on any atom is -0.383 e. The first-order valence-electron chi connectivity index (χ1n) is 8.85. The van der Waals surface area contributed by atoms with Crippen molar-refractivity contribution in [2.45, 2.75) is 25.3 Å². The van der Waals surface area contributed by atoms with E-state index in [1.807, 2.05) is 33.9 Å². The molecule has 136 valence electrons. The monoisotopic (exact) mass is 370 g/mol. The normalized spacial score (nSPS) is 17.3. The number of nitrogens with zero attached hydrogens (tertiary/aromatic N) is 4. The molecular formula is C19H22N4O2S. The second-order valence-corrected chi connectivity index (χ2v) is 7.37. The topological polar surface area (TPSA) is 60.2 Å². The predicted octanol–water partition coefficient (Wildman–Crippen LogP) is 2.70. The van der Waals surface area contributed by atoms with Gasteiger partial charge < -0.3 is 14.2 Å². The number of hydrogen-bond donors (Lipinski definition) is 0. The van der Waals surface area contributed by atoms with Gasteiger partial charge in [-0.3, -0.25) is 4.79 Å². The van der Waals surface area contributed by atoms with Crippen molar-refractivity contribution < 1.29 is 9.53 Å². The highest BCUT2D eigenvalue weighted by Gasteiger charge is 2.31. The largest absolute Gasteiger partial charge is 0.383 e. The third-order valence-electron chi connectivity index (χ3n) is 4.89. The van der Waals surface area contributed by atoms with Crippen LogP contribution in [0.3, 0.4) is 0 Å². The van der Waals surface area contributed by atoms with Gasteiger partial charge in [0, 0.05) is 38.9 Å². The first-order valence-corrected chi connectivity index (χ1v) is 9.79. The number of imidazole rings is 1. The summed E-state index contributed by atoms with van der Waals surface area (Å²) < 4.78 is 7.41. The molecule has 0 spiro atoms. The maximum Gasteiger partial charge on any atom is 0.227 e. The quantitative estimate of drug-likeness (QED) is 0.669. The summed E-state index contributed by atoms with van der Waals surface area (Å²) in [5.41, 5.74) is 2.89. The number of fused-ring (bicyclic) bond motifs is 1. The van der Waals surface area contributed by atoms with Crippen molar-refractivity contribution >= 4 is 28.4 Å². The van der Waals surface area contributed by atoms with E-state index >= 15 is 0 Å². The molecule has 1 saturated heterocycles. The van der Waals surface area contributed by atoms with Crippen LogP contribution in [0.25, 0.3) is 11.2 Å². The van der Waals surface area contributed by atoms with Gasteiger partial charge in [0.2, 0.25) is 5.91 Å². The molecule has 3 aromatic rings. The molecule has 4 heterocycles. The standard InChI is InChI=1S/C19H22N4O2S/c1-25-9-8-23-18(21-16-3-2-6-20-19(16)23)15-4-7-22(12-15)17(24)11-14-5-10-26-13-14/h2-3,5-6,10,13,15H,4,7-9,11-12H2,1H3. The first kappa shape index (κ1) is 17.2. The summed E-state index contributed by atoms with van der Waals surface area (Å²) >= 11 is 1.63. The molecule has 1 atom stereocenters. The van der Waals surface area contributed by atoms with Crippen LogP contribution in [0.15, 0.2) is 35.2 Å². The van der Waals surface area contributed by atoms with Gasteiger partial charge in [-0.25, -0.2) is 9.97 Å². The zero-order chi connectivity index (χ0) is 17.9. The summed E-state index contributed by atoms with van der Waals surface area (Å²) in [4.78, 5) is 23.9. The van der Waals surface area contributed by atoms with E-state index in [1.165, 1.54) is 0 Å². The number of methoxy groups -OCH3 is 1. The van der Waals surface area contributed by atoms with Crippen LogP contribution >= 0.6 is 11.3 Å². The fraction of sp³-hybridized carbons (Fsp3) is 0.421. The molecule has 1 aliphatic rings. The number of pyridine rings is 1. The molecule has 0 N–H and O–H groups in total. The third-order valence-corrected chi connectivity index (χ3v) is 5.63. The van der Waals surface area contributed by atoms with E-state index in [0.717, 1.165) is 48.6 Å². The zero-order valence-electron chi connectivity index (χ0n) is 14.8. The van der Waals surface area contributed by atoms with Gasteiger partial charge in [-0.05, 0) is 40.9 Å². The smallest absolute Gasteiger partial charge is 0.227 e. The molecule has 0 aliphatic carbocycles. The minimum absolute atomic E-state index is 0.198. The fourth-order valence-corrected chi connectivity index (χ4v) is 4.24. The molecule has 4 rings (SSSR count). The van der Waals surface area contributed by atoms with Gasteiger partial charge in [0.15, 0.2) is 5.65 Å². The van der Waals surface area contributed by atoms with Gasteiger partial charge in [0.1, 0.15) is 11.3 Å². The van der Waals surface area contributed by atoms with Crippen molar-refractivity contribution in [1.29, 1.82) is 0 Å². The number of hydrogen-bond acceptors (Lipinski definition) is 5. The summed E-state index contributed by atoms with van der Waals surface area (Å²) in [5, 5.41) is 4.06. The average Bonchev–Trinajstić information content (AvgIpc) is 3.39. The second kappa shape index (κ2) is 7.55. The molecule has 0 radical (unpaired) electrons. The number of aromatic nitrogens is 3. The molecule has 0 aromatic carbocycles. The molecule has 1 unspecified atom stereocenters. The number of carbonyl (C=O) groups is 1. The van der Waals surface area contributed by atoms with Crippen LogP contribution in [-0.2, 0) is 22.5 Å². The van der Waals surface area contributed by atoms with E-state index in [9.17, 15) is 4.79 Å². The SMILES string of the molecule is COCCn1c(C2CCN(C(=O)Cc3ccsc3)C2)nc2cccnc21. The van der Waals surface area contributed by atoms with Crippen molar-refractivity contribution in [1.82, 2.24) is 19.4 Å². The lowest BCUT2D eigenvalue weighted by atomic mass is 10.1. The summed E-state index contributed by atoms with van der Waals surface area (Å²) in [7, 11) is 1.70. The lowest BCUT2D eigenvalue weighted by Gasteiger charge is -2.17. The Kier molecular flexibility index (Phi) is 4.99. The molecule has 7 heteroatoms. The van der Waals surface area contributed by atoms with Gasteiger partial charge in [-0.2, -0.15) is 11.3 Å². The highest BCUT2D eigenvalue weighted by molar-refractivity contribution is 7.08. The van der Waals surface area contributed by atoms with Crippen molar-refractivity contribution in [3.63, 3.8) is 0 Å². The van der Waals surface area contributed by atoms with Crippen LogP contribution in [0.1, 0.15) is 23.7 Å². The Morgan fingerprint density at radius 1 is 1.42 bits per heavy atom. The minimum atomic E-state index is 0.198. The van der Waals surface area contributed by atoms with Crippen LogP contribution in [0.4, 0.5) is 0 Å². The highest BCUT2D eigenvalue weighted by Crippen LogP contribution is 2.29. The summed E-state index contributed by atoms with van der Waals surface area (Å²) in [6.45, 7) is 2.84. The van der Waals surface area contributed by atoms with Gasteiger partial charge in [0.25, 0.3) is 0 Å². The average molecular weight is 370 g/mol. The lowest BCUT2D eigenvalue weighted by Crippen LogP contribution is -2.30. The summed E-state index contributed by atoms with van der Waals surface area (Å²) in [6, 6.07) is 5.92. The van der Waals surface area contributed by atoms with Gasteiger partial charge >= 0.3 is 0 Å². The number of carbonyl (C=O) groups excluding carboxylic acids is 1. The van der Waals surface area contributed by atoms with Crippen LogP contribution < -0.4 is 0 Å². The van der Waals surface area contributed by atoms with Crippen LogP contribution in [-0.4, -0.2) is 52.1 Å². The Balaban J connectivity index is 1.53. The lowest BCUT2D eigenvalue weighted by molar-refractivity contribution is -0.129. The van der Waals surface area contributed by atoms with Crippen LogP contribution in [0.5, 0.6) is 0 Å².